The lowest BCUT2D eigenvalue weighted by Crippen LogP contribution is -2.54. The third-order valence-electron chi connectivity index (χ3n) is 5.15. The number of pyridine rings is 1. The third kappa shape index (κ3) is 6.74. The zero-order valence-corrected chi connectivity index (χ0v) is 18.3. The second-order valence-corrected chi connectivity index (χ2v) is 7.94. The van der Waals surface area contributed by atoms with E-state index < -0.39 is 41.8 Å². The van der Waals surface area contributed by atoms with E-state index in [0.29, 0.717) is 23.2 Å². The Hall–Kier alpha value is -3.57. The molecule has 2 N–H and O–H groups in total. The van der Waals surface area contributed by atoms with E-state index in [2.05, 4.69) is 10.3 Å². The molecule has 0 spiro atoms. The molecule has 35 heavy (non-hydrogen) atoms. The van der Waals surface area contributed by atoms with E-state index in [0.717, 1.165) is 6.07 Å². The van der Waals surface area contributed by atoms with Crippen LogP contribution < -0.4 is 16.1 Å². The topological polar surface area (TPSA) is 54.0 Å². The van der Waals surface area contributed by atoms with Crippen LogP contribution >= 0.6 is 0 Å². The molecule has 184 valence electrons. The van der Waals surface area contributed by atoms with Gasteiger partial charge in [-0.15, -0.1) is 0 Å². The van der Waals surface area contributed by atoms with Crippen LogP contribution in [0.1, 0.15) is 22.4 Å². The average molecular weight is 497 g/mol. The first kappa shape index (κ1) is 26.0. The van der Waals surface area contributed by atoms with Crippen LogP contribution in [0.5, 0.6) is 0 Å². The first-order valence-electron chi connectivity index (χ1n) is 10.3. The van der Waals surface area contributed by atoms with E-state index in [-0.39, 0.29) is 17.7 Å². The van der Waals surface area contributed by atoms with Crippen LogP contribution in [0.25, 0.3) is 0 Å². The number of alkyl halides is 6. The van der Waals surface area contributed by atoms with Crippen LogP contribution in [-0.4, -0.2) is 31.6 Å². The molecule has 0 saturated heterocycles. The standard InChI is InChI=1S/C23H19BF7N3O/c24-17-6-7-19(32-12-17)21(11-14-4-2-1-3-5-14,34-20(35)33-13-22(26,27)28)15-8-16(23(29,30)31)10-18(25)9-15/h1-10,12H,11,13,24H2,(H2,33,34,35). The number of amides is 2. The molecule has 1 unspecified atom stereocenters. The highest BCUT2D eigenvalue weighted by Gasteiger charge is 2.41. The number of urea groups is 1. The Morgan fingerprint density at radius 3 is 2.14 bits per heavy atom. The highest BCUT2D eigenvalue weighted by atomic mass is 19.4. The summed E-state index contributed by atoms with van der Waals surface area (Å²) in [5.74, 6) is -1.24. The SMILES string of the molecule is Bc1ccc(C(Cc2ccccc2)(NC(=O)NCC(F)(F)F)c2cc(F)cc(C(F)(F)F)c2)nc1. The lowest BCUT2D eigenvalue weighted by molar-refractivity contribution is -0.137. The van der Waals surface area contributed by atoms with E-state index >= 15 is 0 Å². The lowest BCUT2D eigenvalue weighted by Gasteiger charge is -2.36. The Morgan fingerprint density at radius 1 is 0.914 bits per heavy atom. The zero-order chi connectivity index (χ0) is 25.9. The van der Waals surface area contributed by atoms with Gasteiger partial charge in [0.15, 0.2) is 0 Å². The maximum absolute atomic E-state index is 14.5. The molecule has 4 nitrogen and oxygen atoms in total. The summed E-state index contributed by atoms with van der Waals surface area (Å²) in [5, 5.41) is 4.02. The highest BCUT2D eigenvalue weighted by molar-refractivity contribution is 6.32. The first-order valence-corrected chi connectivity index (χ1v) is 10.3. The summed E-state index contributed by atoms with van der Waals surface area (Å²) in [4.78, 5) is 16.8. The maximum Gasteiger partial charge on any atom is 0.416 e. The monoisotopic (exact) mass is 497 g/mol. The average Bonchev–Trinajstić information content (AvgIpc) is 2.77. The fraction of sp³-hybridized carbons (Fsp3) is 0.217. The minimum absolute atomic E-state index is 0.00726. The van der Waals surface area contributed by atoms with Gasteiger partial charge in [-0.25, -0.2) is 9.18 Å². The molecule has 1 heterocycles. The summed E-state index contributed by atoms with van der Waals surface area (Å²) in [5.41, 5.74) is -2.43. The number of rotatable bonds is 6. The number of aromatic nitrogens is 1. The van der Waals surface area contributed by atoms with E-state index in [1.807, 2.05) is 0 Å². The summed E-state index contributed by atoms with van der Waals surface area (Å²) in [6.45, 7) is -1.68. The predicted molar refractivity (Wildman–Crippen MR) is 117 cm³/mol. The van der Waals surface area contributed by atoms with Gasteiger partial charge in [-0.3, -0.25) is 4.98 Å². The summed E-state index contributed by atoms with van der Waals surface area (Å²) in [6, 6.07) is 11.6. The van der Waals surface area contributed by atoms with Gasteiger partial charge in [-0.1, -0.05) is 41.9 Å². The molecule has 0 radical (unpaired) electrons. The van der Waals surface area contributed by atoms with Gasteiger partial charge in [-0.05, 0) is 35.4 Å². The second kappa shape index (κ2) is 9.97. The molecule has 2 aromatic carbocycles. The molecule has 0 fully saturated rings. The fourth-order valence-electron chi connectivity index (χ4n) is 3.56. The number of halogens is 7. The van der Waals surface area contributed by atoms with E-state index in [1.165, 1.54) is 12.3 Å². The predicted octanol–water partition coefficient (Wildman–Crippen LogP) is 3.85. The van der Waals surface area contributed by atoms with E-state index in [9.17, 15) is 35.5 Å². The summed E-state index contributed by atoms with van der Waals surface area (Å²) in [6.07, 6.45) is -8.50. The van der Waals surface area contributed by atoms with E-state index in [1.54, 1.807) is 49.6 Å². The molecule has 2 amide bonds. The number of nitrogens with zero attached hydrogens (tertiary/aromatic N) is 1. The Labute approximate surface area is 197 Å². The molecular formula is C23H19BF7N3O. The number of nitrogens with one attached hydrogen (secondary N) is 2. The Morgan fingerprint density at radius 2 is 1.57 bits per heavy atom. The summed E-state index contributed by atoms with van der Waals surface area (Å²) < 4.78 is 93.1. The van der Waals surface area contributed by atoms with Crippen molar-refractivity contribution in [3.8, 4) is 0 Å². The molecule has 0 aliphatic rings. The molecule has 0 bridgehead atoms. The molecule has 12 heteroatoms. The number of benzene rings is 2. The van der Waals surface area contributed by atoms with Gasteiger partial charge in [-0.2, -0.15) is 26.3 Å². The Balaban J connectivity index is 2.24. The smallest absolute Gasteiger partial charge is 0.329 e. The minimum Gasteiger partial charge on any atom is -0.329 e. The fourth-order valence-corrected chi connectivity index (χ4v) is 3.56. The van der Waals surface area contributed by atoms with Gasteiger partial charge in [0.2, 0.25) is 0 Å². The van der Waals surface area contributed by atoms with Crippen molar-refractivity contribution in [2.75, 3.05) is 6.54 Å². The van der Waals surface area contributed by atoms with Crippen molar-refractivity contribution in [2.24, 2.45) is 0 Å². The van der Waals surface area contributed by atoms with E-state index in [4.69, 9.17) is 0 Å². The maximum atomic E-state index is 14.5. The number of carbonyl (C=O) groups is 1. The number of hydrogen-bond acceptors (Lipinski definition) is 2. The lowest BCUT2D eigenvalue weighted by atomic mass is 9.79. The third-order valence-corrected chi connectivity index (χ3v) is 5.15. The number of hydrogen-bond donors (Lipinski definition) is 2. The van der Waals surface area contributed by atoms with Crippen molar-refractivity contribution >= 4 is 19.3 Å². The quantitative estimate of drug-likeness (QED) is 0.402. The van der Waals surface area contributed by atoms with Crippen molar-refractivity contribution in [3.05, 3.63) is 95.1 Å². The van der Waals surface area contributed by atoms with Crippen LogP contribution in [-0.2, 0) is 18.1 Å². The highest BCUT2D eigenvalue weighted by Crippen LogP contribution is 2.37. The summed E-state index contributed by atoms with van der Waals surface area (Å²) in [7, 11) is 1.70. The molecule has 1 aromatic heterocycles. The normalized spacial score (nSPS) is 13.7. The van der Waals surface area contributed by atoms with Crippen molar-refractivity contribution in [1.82, 2.24) is 15.6 Å². The van der Waals surface area contributed by atoms with Gasteiger partial charge in [0, 0.05) is 12.6 Å². The number of carbonyl (C=O) groups excluding carboxylic acids is 1. The van der Waals surface area contributed by atoms with Crippen LogP contribution in [0, 0.1) is 5.82 Å². The van der Waals surface area contributed by atoms with Crippen molar-refractivity contribution in [2.45, 2.75) is 24.3 Å². The zero-order valence-electron chi connectivity index (χ0n) is 18.3. The van der Waals surface area contributed by atoms with Gasteiger partial charge in [0.1, 0.15) is 25.7 Å². The molecule has 0 aliphatic carbocycles. The molecule has 3 aromatic rings. The minimum atomic E-state index is -4.92. The molecule has 0 aliphatic heterocycles. The van der Waals surface area contributed by atoms with Crippen LogP contribution in [0.2, 0.25) is 0 Å². The molecule has 3 rings (SSSR count). The second-order valence-electron chi connectivity index (χ2n) is 7.94. The van der Waals surface area contributed by atoms with Gasteiger partial charge >= 0.3 is 18.4 Å². The van der Waals surface area contributed by atoms with Crippen molar-refractivity contribution < 1.29 is 35.5 Å². The Bertz CT molecular complexity index is 1170. The van der Waals surface area contributed by atoms with Crippen LogP contribution in [0.15, 0.2) is 66.9 Å². The molecular weight excluding hydrogens is 478 g/mol. The Kier molecular flexibility index (Phi) is 7.42. The van der Waals surface area contributed by atoms with Gasteiger partial charge < -0.3 is 10.6 Å². The molecule has 0 saturated carbocycles. The van der Waals surface area contributed by atoms with Crippen molar-refractivity contribution in [1.29, 1.82) is 0 Å². The van der Waals surface area contributed by atoms with Crippen LogP contribution in [0.3, 0.4) is 0 Å². The van der Waals surface area contributed by atoms with Gasteiger partial charge in [0.25, 0.3) is 0 Å². The summed E-state index contributed by atoms with van der Waals surface area (Å²) >= 11 is 0. The molecule has 1 atom stereocenters. The first-order chi connectivity index (χ1) is 16.3. The van der Waals surface area contributed by atoms with Crippen LogP contribution in [0.4, 0.5) is 35.5 Å². The largest absolute Gasteiger partial charge is 0.416 e. The van der Waals surface area contributed by atoms with Gasteiger partial charge in [0.05, 0.1) is 11.3 Å². The van der Waals surface area contributed by atoms with Crippen molar-refractivity contribution in [3.63, 3.8) is 0 Å².